The number of carboxylic acid groups (broad SMARTS) is 1. The molecule has 0 aromatic heterocycles. The smallest absolute Gasteiger partial charge is 0.323 e. The molecular weight excluding hydrogens is 516 g/mol. The maximum Gasteiger partial charge on any atom is 0.323 e. The number of halogens is 1. The summed E-state index contributed by atoms with van der Waals surface area (Å²) in [5.74, 6) is -0.174. The number of esters is 1. The summed E-state index contributed by atoms with van der Waals surface area (Å²) >= 11 is 3.54. The standard InChI is InChI=1S/C27H35BrO7/c1-7-33-26(31)27(25(29)30,16-19-8-10-21(11-9-19)34-17(2)3)13-12-20-14-24(35-18(4)5)23(32-6)15-22(20)28/h8-11,14-15,17-18H,7,12-13,16H2,1-6H3,(H,29,30). The highest BCUT2D eigenvalue weighted by Crippen LogP contribution is 2.38. The van der Waals surface area contributed by atoms with E-state index < -0.39 is 17.4 Å². The van der Waals surface area contributed by atoms with E-state index in [9.17, 15) is 14.7 Å². The number of rotatable bonds is 13. The number of ether oxygens (including phenoxy) is 4. The lowest BCUT2D eigenvalue weighted by Crippen LogP contribution is -2.43. The Hall–Kier alpha value is -2.74. The van der Waals surface area contributed by atoms with E-state index in [1.807, 2.05) is 33.8 Å². The molecule has 0 saturated heterocycles. The molecule has 2 rings (SSSR count). The summed E-state index contributed by atoms with van der Waals surface area (Å²) < 4.78 is 22.9. The SMILES string of the molecule is CCOC(=O)C(CCc1cc(OC(C)C)c(OC)cc1Br)(Cc1ccc(OC(C)C)cc1)C(=O)O. The molecule has 0 aliphatic carbocycles. The van der Waals surface area contributed by atoms with Crippen molar-refractivity contribution in [2.75, 3.05) is 13.7 Å². The summed E-state index contributed by atoms with van der Waals surface area (Å²) in [6.07, 6.45) is 0.284. The number of methoxy groups -OCH3 is 1. The fourth-order valence-electron chi connectivity index (χ4n) is 3.73. The average molecular weight is 551 g/mol. The van der Waals surface area contributed by atoms with Crippen LogP contribution in [0.2, 0.25) is 0 Å². The second-order valence-corrected chi connectivity index (χ2v) is 9.71. The van der Waals surface area contributed by atoms with Crippen LogP contribution in [0, 0.1) is 5.41 Å². The highest BCUT2D eigenvalue weighted by molar-refractivity contribution is 9.10. The molecule has 0 bridgehead atoms. The fraction of sp³-hybridized carbons (Fsp3) is 0.481. The monoisotopic (exact) mass is 550 g/mol. The molecule has 192 valence electrons. The molecule has 35 heavy (non-hydrogen) atoms. The van der Waals surface area contributed by atoms with Crippen LogP contribution in [0.15, 0.2) is 40.9 Å². The van der Waals surface area contributed by atoms with E-state index in [4.69, 9.17) is 18.9 Å². The van der Waals surface area contributed by atoms with Crippen LogP contribution in [0.4, 0.5) is 0 Å². The molecular formula is C27H35BrO7. The van der Waals surface area contributed by atoms with Crippen LogP contribution in [-0.4, -0.2) is 43.0 Å². The Morgan fingerprint density at radius 1 is 1.00 bits per heavy atom. The number of carbonyl (C=O) groups excluding carboxylic acids is 1. The Bertz CT molecular complexity index is 1000. The van der Waals surface area contributed by atoms with Crippen LogP contribution >= 0.6 is 15.9 Å². The number of hydrogen-bond acceptors (Lipinski definition) is 6. The van der Waals surface area contributed by atoms with Gasteiger partial charge in [-0.05, 0) is 89.3 Å². The summed E-state index contributed by atoms with van der Waals surface area (Å²) in [4.78, 5) is 25.6. The normalized spacial score (nSPS) is 12.8. The molecule has 0 fully saturated rings. The molecule has 0 spiro atoms. The third-order valence-corrected chi connectivity index (χ3v) is 6.13. The van der Waals surface area contributed by atoms with Gasteiger partial charge in [-0.15, -0.1) is 0 Å². The van der Waals surface area contributed by atoms with Crippen LogP contribution in [0.3, 0.4) is 0 Å². The van der Waals surface area contributed by atoms with Gasteiger partial charge in [-0.2, -0.15) is 0 Å². The van der Waals surface area contributed by atoms with Crippen molar-refractivity contribution in [1.82, 2.24) is 0 Å². The molecule has 1 unspecified atom stereocenters. The van der Waals surface area contributed by atoms with Crippen LogP contribution in [0.5, 0.6) is 17.2 Å². The number of aliphatic carboxylic acids is 1. The van der Waals surface area contributed by atoms with Gasteiger partial charge in [-0.3, -0.25) is 9.59 Å². The Morgan fingerprint density at radius 3 is 2.14 bits per heavy atom. The molecule has 0 radical (unpaired) electrons. The third-order valence-electron chi connectivity index (χ3n) is 5.39. The number of benzene rings is 2. The Labute approximate surface area is 215 Å². The van der Waals surface area contributed by atoms with Crippen LogP contribution in [0.25, 0.3) is 0 Å². The lowest BCUT2D eigenvalue weighted by molar-refractivity contribution is -0.169. The molecule has 2 aromatic carbocycles. The van der Waals surface area contributed by atoms with Gasteiger partial charge < -0.3 is 24.1 Å². The minimum atomic E-state index is -1.76. The predicted molar refractivity (Wildman–Crippen MR) is 137 cm³/mol. The van der Waals surface area contributed by atoms with Gasteiger partial charge in [0.15, 0.2) is 16.9 Å². The number of hydrogen-bond donors (Lipinski definition) is 1. The molecule has 0 amide bonds. The second kappa shape index (κ2) is 12.8. The molecule has 1 atom stereocenters. The van der Waals surface area contributed by atoms with Gasteiger partial charge in [0.2, 0.25) is 0 Å². The zero-order valence-corrected chi connectivity index (χ0v) is 22.8. The van der Waals surface area contributed by atoms with Crippen LogP contribution in [0.1, 0.15) is 52.2 Å². The predicted octanol–water partition coefficient (Wildman–Crippen LogP) is 5.84. The van der Waals surface area contributed by atoms with E-state index in [1.54, 1.807) is 44.4 Å². The quantitative estimate of drug-likeness (QED) is 0.247. The topological polar surface area (TPSA) is 91.3 Å². The van der Waals surface area contributed by atoms with Crippen molar-refractivity contribution in [3.05, 3.63) is 52.0 Å². The second-order valence-electron chi connectivity index (χ2n) is 8.86. The maximum atomic E-state index is 13.1. The number of carboxylic acids is 1. The first-order valence-electron chi connectivity index (χ1n) is 11.7. The van der Waals surface area contributed by atoms with E-state index >= 15 is 0 Å². The molecule has 1 N–H and O–H groups in total. The van der Waals surface area contributed by atoms with E-state index in [1.165, 1.54) is 0 Å². The number of aryl methyl sites for hydroxylation is 1. The molecule has 0 aliphatic rings. The summed E-state index contributed by atoms with van der Waals surface area (Å²) in [6, 6.07) is 10.7. The molecule has 0 heterocycles. The van der Waals surface area contributed by atoms with Gasteiger partial charge in [-0.1, -0.05) is 28.1 Å². The van der Waals surface area contributed by atoms with Crippen molar-refractivity contribution < 1.29 is 33.6 Å². The summed E-state index contributed by atoms with van der Waals surface area (Å²) in [7, 11) is 1.56. The zero-order valence-electron chi connectivity index (χ0n) is 21.2. The van der Waals surface area contributed by atoms with E-state index in [0.29, 0.717) is 29.2 Å². The molecule has 0 saturated carbocycles. The molecule has 0 aliphatic heterocycles. The van der Waals surface area contributed by atoms with Gasteiger partial charge >= 0.3 is 11.9 Å². The first kappa shape index (κ1) is 28.5. The first-order valence-corrected chi connectivity index (χ1v) is 12.5. The highest BCUT2D eigenvalue weighted by atomic mass is 79.9. The summed E-state index contributed by atoms with van der Waals surface area (Å²) in [5.41, 5.74) is -0.249. The lowest BCUT2D eigenvalue weighted by Gasteiger charge is -2.28. The van der Waals surface area contributed by atoms with Crippen molar-refractivity contribution in [1.29, 1.82) is 0 Å². The minimum absolute atomic E-state index is 0.00769. The van der Waals surface area contributed by atoms with Gasteiger partial charge in [0.05, 0.1) is 25.9 Å². The van der Waals surface area contributed by atoms with E-state index in [2.05, 4.69) is 15.9 Å². The van der Waals surface area contributed by atoms with Crippen LogP contribution in [-0.2, 0) is 27.2 Å². The fourth-order valence-corrected chi connectivity index (χ4v) is 4.25. The largest absolute Gasteiger partial charge is 0.493 e. The van der Waals surface area contributed by atoms with Crippen molar-refractivity contribution in [2.24, 2.45) is 5.41 Å². The highest BCUT2D eigenvalue weighted by Gasteiger charge is 2.47. The Morgan fingerprint density at radius 2 is 1.63 bits per heavy atom. The molecule has 8 heteroatoms. The van der Waals surface area contributed by atoms with Crippen molar-refractivity contribution in [2.45, 2.75) is 66.1 Å². The summed E-state index contributed by atoms with van der Waals surface area (Å²) in [6.45, 7) is 9.44. The van der Waals surface area contributed by atoms with Crippen molar-refractivity contribution in [3.63, 3.8) is 0 Å². The third kappa shape index (κ3) is 7.62. The van der Waals surface area contributed by atoms with Crippen LogP contribution < -0.4 is 14.2 Å². The van der Waals surface area contributed by atoms with E-state index in [-0.39, 0.29) is 31.7 Å². The van der Waals surface area contributed by atoms with Gasteiger partial charge in [0.1, 0.15) is 5.75 Å². The van der Waals surface area contributed by atoms with Crippen molar-refractivity contribution >= 4 is 27.9 Å². The lowest BCUT2D eigenvalue weighted by atomic mass is 9.76. The first-order chi connectivity index (χ1) is 16.5. The van der Waals surface area contributed by atoms with Crippen molar-refractivity contribution in [3.8, 4) is 17.2 Å². The van der Waals surface area contributed by atoms with Gasteiger partial charge in [0, 0.05) is 4.47 Å². The molecule has 2 aromatic rings. The number of carbonyl (C=O) groups is 2. The van der Waals surface area contributed by atoms with Gasteiger partial charge in [-0.25, -0.2) is 0 Å². The zero-order chi connectivity index (χ0) is 26.2. The van der Waals surface area contributed by atoms with E-state index in [0.717, 1.165) is 10.0 Å². The summed E-state index contributed by atoms with van der Waals surface area (Å²) in [5, 5.41) is 10.3. The molecule has 7 nitrogen and oxygen atoms in total. The average Bonchev–Trinajstić information content (AvgIpc) is 2.78. The Kier molecular flexibility index (Phi) is 10.4. The minimum Gasteiger partial charge on any atom is -0.493 e. The Balaban J connectivity index is 2.40. The maximum absolute atomic E-state index is 13.1. The van der Waals surface area contributed by atoms with Gasteiger partial charge in [0.25, 0.3) is 0 Å².